The van der Waals surface area contributed by atoms with Gasteiger partial charge in [-0.05, 0) is 33.4 Å². The SMILES string of the molecule is Cc1cccc(Cc2cnc(NC(=O)CN(C)CC(C)(C)O)s2)c1. The van der Waals surface area contributed by atoms with Crippen molar-refractivity contribution in [2.45, 2.75) is 32.8 Å². The first-order chi connectivity index (χ1) is 11.2. The number of hydrogen-bond donors (Lipinski definition) is 2. The first-order valence-corrected chi connectivity index (χ1v) is 8.74. The van der Waals surface area contributed by atoms with Crippen molar-refractivity contribution in [2.75, 3.05) is 25.5 Å². The number of aromatic nitrogens is 1. The van der Waals surface area contributed by atoms with Gasteiger partial charge >= 0.3 is 0 Å². The van der Waals surface area contributed by atoms with Crippen LogP contribution in [-0.4, -0.2) is 46.6 Å². The van der Waals surface area contributed by atoms with Crippen molar-refractivity contribution in [1.29, 1.82) is 0 Å². The molecule has 2 N–H and O–H groups in total. The maximum atomic E-state index is 12.1. The Hall–Kier alpha value is -1.76. The van der Waals surface area contributed by atoms with Crippen LogP contribution in [-0.2, 0) is 11.2 Å². The second-order valence-electron chi connectivity index (χ2n) is 6.83. The van der Waals surface area contributed by atoms with E-state index in [1.807, 2.05) is 19.3 Å². The third-order valence-electron chi connectivity index (χ3n) is 3.33. The Labute approximate surface area is 147 Å². The zero-order valence-electron chi connectivity index (χ0n) is 14.7. The fourth-order valence-corrected chi connectivity index (χ4v) is 3.45. The standard InChI is InChI=1S/C18H25N3O2S/c1-13-6-5-7-14(8-13)9-15-10-19-17(24-15)20-16(22)11-21(4)12-18(2,3)23/h5-8,10,23H,9,11-12H2,1-4H3,(H,19,20,22). The number of likely N-dealkylation sites (N-methyl/N-ethyl adjacent to an activating group) is 1. The third kappa shape index (κ3) is 6.39. The van der Waals surface area contributed by atoms with E-state index in [9.17, 15) is 9.90 Å². The van der Waals surface area contributed by atoms with Crippen LogP contribution in [0.4, 0.5) is 5.13 Å². The molecule has 24 heavy (non-hydrogen) atoms. The van der Waals surface area contributed by atoms with Crippen molar-refractivity contribution >= 4 is 22.4 Å². The van der Waals surface area contributed by atoms with Crippen LogP contribution in [0, 0.1) is 6.92 Å². The second-order valence-corrected chi connectivity index (χ2v) is 7.95. The molecule has 6 heteroatoms. The van der Waals surface area contributed by atoms with Crippen molar-refractivity contribution < 1.29 is 9.90 Å². The van der Waals surface area contributed by atoms with E-state index < -0.39 is 5.60 Å². The first-order valence-electron chi connectivity index (χ1n) is 7.92. The number of aliphatic hydroxyl groups is 1. The fraction of sp³-hybridized carbons (Fsp3) is 0.444. The molecule has 0 unspecified atom stereocenters. The highest BCUT2D eigenvalue weighted by atomic mass is 32.1. The Balaban J connectivity index is 1.88. The van der Waals surface area contributed by atoms with Gasteiger partial charge in [-0.2, -0.15) is 0 Å². The number of anilines is 1. The topological polar surface area (TPSA) is 65.5 Å². The first kappa shape index (κ1) is 18.6. The summed E-state index contributed by atoms with van der Waals surface area (Å²) in [5.74, 6) is -0.127. The van der Waals surface area contributed by atoms with Crippen molar-refractivity contribution in [2.24, 2.45) is 0 Å². The Bertz CT molecular complexity index is 692. The normalized spacial score (nSPS) is 11.8. The van der Waals surface area contributed by atoms with E-state index in [1.54, 1.807) is 18.7 Å². The monoisotopic (exact) mass is 347 g/mol. The van der Waals surface area contributed by atoms with Crippen molar-refractivity contribution in [3.8, 4) is 0 Å². The fourth-order valence-electron chi connectivity index (χ4n) is 2.59. The molecule has 0 aliphatic carbocycles. The summed E-state index contributed by atoms with van der Waals surface area (Å²) < 4.78 is 0. The summed E-state index contributed by atoms with van der Waals surface area (Å²) in [5.41, 5.74) is 1.65. The lowest BCUT2D eigenvalue weighted by atomic mass is 10.1. The molecule has 1 heterocycles. The minimum absolute atomic E-state index is 0.127. The molecule has 0 spiro atoms. The van der Waals surface area contributed by atoms with Crippen LogP contribution in [0.2, 0.25) is 0 Å². The average Bonchev–Trinajstić information content (AvgIpc) is 2.83. The lowest BCUT2D eigenvalue weighted by molar-refractivity contribution is -0.117. The molecule has 0 atom stereocenters. The Kier molecular flexibility index (Phi) is 6.10. The zero-order chi connectivity index (χ0) is 17.7. The Morgan fingerprint density at radius 2 is 2.17 bits per heavy atom. The Morgan fingerprint density at radius 3 is 2.83 bits per heavy atom. The summed E-state index contributed by atoms with van der Waals surface area (Å²) in [6.07, 6.45) is 2.62. The summed E-state index contributed by atoms with van der Waals surface area (Å²) in [5, 5.41) is 13.2. The summed E-state index contributed by atoms with van der Waals surface area (Å²) in [6.45, 7) is 6.17. The molecule has 1 aromatic heterocycles. The number of nitrogens with one attached hydrogen (secondary N) is 1. The molecular formula is C18H25N3O2S. The van der Waals surface area contributed by atoms with E-state index in [-0.39, 0.29) is 12.5 Å². The summed E-state index contributed by atoms with van der Waals surface area (Å²) in [4.78, 5) is 19.2. The molecular weight excluding hydrogens is 322 g/mol. The Morgan fingerprint density at radius 1 is 1.42 bits per heavy atom. The van der Waals surface area contributed by atoms with Crippen LogP contribution in [0.25, 0.3) is 0 Å². The van der Waals surface area contributed by atoms with Gasteiger partial charge in [0.2, 0.25) is 5.91 Å². The molecule has 2 rings (SSSR count). The van der Waals surface area contributed by atoms with Gasteiger partial charge in [-0.3, -0.25) is 9.69 Å². The van der Waals surface area contributed by atoms with E-state index >= 15 is 0 Å². The number of carbonyl (C=O) groups is 1. The van der Waals surface area contributed by atoms with Gasteiger partial charge in [0.05, 0.1) is 12.1 Å². The molecule has 130 valence electrons. The molecule has 2 aromatic rings. The van der Waals surface area contributed by atoms with Crippen LogP contribution in [0.1, 0.15) is 29.9 Å². The van der Waals surface area contributed by atoms with Gasteiger partial charge in [0.25, 0.3) is 0 Å². The summed E-state index contributed by atoms with van der Waals surface area (Å²) in [6, 6.07) is 8.37. The van der Waals surface area contributed by atoms with Crippen LogP contribution in [0.5, 0.6) is 0 Å². The quantitative estimate of drug-likeness (QED) is 0.808. The van der Waals surface area contributed by atoms with Gasteiger partial charge in [0.1, 0.15) is 0 Å². The van der Waals surface area contributed by atoms with Gasteiger partial charge in [-0.25, -0.2) is 4.98 Å². The van der Waals surface area contributed by atoms with E-state index in [4.69, 9.17) is 0 Å². The van der Waals surface area contributed by atoms with Crippen LogP contribution < -0.4 is 5.32 Å². The number of amides is 1. The zero-order valence-corrected chi connectivity index (χ0v) is 15.5. The number of aryl methyl sites for hydroxylation is 1. The number of thiazole rings is 1. The highest BCUT2D eigenvalue weighted by Crippen LogP contribution is 2.21. The highest BCUT2D eigenvalue weighted by molar-refractivity contribution is 7.15. The molecule has 0 saturated carbocycles. The van der Waals surface area contributed by atoms with Gasteiger partial charge in [0, 0.05) is 24.0 Å². The molecule has 1 amide bonds. The van der Waals surface area contributed by atoms with E-state index in [2.05, 4.69) is 35.4 Å². The van der Waals surface area contributed by atoms with Crippen LogP contribution in [0.15, 0.2) is 30.5 Å². The largest absolute Gasteiger partial charge is 0.389 e. The lowest BCUT2D eigenvalue weighted by Crippen LogP contribution is -2.40. The van der Waals surface area contributed by atoms with Gasteiger partial charge in [-0.1, -0.05) is 29.8 Å². The minimum Gasteiger partial charge on any atom is -0.389 e. The molecule has 0 bridgehead atoms. The number of carbonyl (C=O) groups excluding carboxylic acids is 1. The predicted octanol–water partition coefficient (Wildman–Crippen LogP) is 2.68. The summed E-state index contributed by atoms with van der Waals surface area (Å²) in [7, 11) is 1.81. The number of benzene rings is 1. The second kappa shape index (κ2) is 7.88. The summed E-state index contributed by atoms with van der Waals surface area (Å²) >= 11 is 1.49. The van der Waals surface area contributed by atoms with Gasteiger partial charge in [0.15, 0.2) is 5.13 Å². The predicted molar refractivity (Wildman–Crippen MR) is 98.5 cm³/mol. The maximum Gasteiger partial charge on any atom is 0.240 e. The molecule has 0 fully saturated rings. The van der Waals surface area contributed by atoms with Gasteiger partial charge < -0.3 is 10.4 Å². The molecule has 0 radical (unpaired) electrons. The molecule has 5 nitrogen and oxygen atoms in total. The third-order valence-corrected chi connectivity index (χ3v) is 4.24. The van der Waals surface area contributed by atoms with E-state index in [0.29, 0.717) is 11.7 Å². The molecule has 0 aliphatic rings. The van der Waals surface area contributed by atoms with Gasteiger partial charge in [-0.15, -0.1) is 11.3 Å². The number of nitrogens with zero attached hydrogens (tertiary/aromatic N) is 2. The van der Waals surface area contributed by atoms with Crippen molar-refractivity contribution in [3.63, 3.8) is 0 Å². The average molecular weight is 347 g/mol. The van der Waals surface area contributed by atoms with Crippen LogP contribution >= 0.6 is 11.3 Å². The lowest BCUT2D eigenvalue weighted by Gasteiger charge is -2.24. The smallest absolute Gasteiger partial charge is 0.240 e. The van der Waals surface area contributed by atoms with E-state index in [1.165, 1.54) is 22.5 Å². The number of hydrogen-bond acceptors (Lipinski definition) is 5. The van der Waals surface area contributed by atoms with Crippen molar-refractivity contribution in [3.05, 3.63) is 46.5 Å². The van der Waals surface area contributed by atoms with E-state index in [0.717, 1.165) is 11.3 Å². The number of rotatable bonds is 7. The molecule has 0 saturated heterocycles. The van der Waals surface area contributed by atoms with Crippen molar-refractivity contribution in [1.82, 2.24) is 9.88 Å². The maximum absolute atomic E-state index is 12.1. The minimum atomic E-state index is -0.822. The highest BCUT2D eigenvalue weighted by Gasteiger charge is 2.17. The molecule has 1 aromatic carbocycles. The van der Waals surface area contributed by atoms with Crippen LogP contribution in [0.3, 0.4) is 0 Å². The molecule has 0 aliphatic heterocycles.